The molecular weight excluding hydrogens is 530 g/mol. The highest BCUT2D eigenvalue weighted by Crippen LogP contribution is 2.29. The van der Waals surface area contributed by atoms with Crippen molar-refractivity contribution in [2.24, 2.45) is 0 Å². The number of hydrogen-bond donors (Lipinski definition) is 2. The lowest BCUT2D eigenvalue weighted by atomic mass is 10.0. The van der Waals surface area contributed by atoms with Gasteiger partial charge in [0.1, 0.15) is 11.5 Å². The molecule has 0 amide bonds. The van der Waals surface area contributed by atoms with Crippen LogP contribution in [0.25, 0.3) is 23.1 Å². The zero-order chi connectivity index (χ0) is 30.1. The van der Waals surface area contributed by atoms with E-state index in [0.29, 0.717) is 31.7 Å². The second-order valence-electron chi connectivity index (χ2n) is 10.6. The van der Waals surface area contributed by atoms with Crippen LogP contribution in [0.5, 0.6) is 11.5 Å². The van der Waals surface area contributed by atoms with E-state index in [-0.39, 0.29) is 12.8 Å². The molecule has 0 bridgehead atoms. The van der Waals surface area contributed by atoms with Crippen LogP contribution in [0.1, 0.15) is 59.1 Å². The van der Waals surface area contributed by atoms with Gasteiger partial charge in [-0.3, -0.25) is 9.59 Å². The maximum atomic E-state index is 11.5. The number of hydrogen-bond acceptors (Lipinski definition) is 4. The van der Waals surface area contributed by atoms with Crippen molar-refractivity contribution in [2.75, 3.05) is 13.2 Å². The number of carboxylic acid groups (broad SMARTS) is 2. The molecule has 1 heterocycles. The van der Waals surface area contributed by atoms with Crippen LogP contribution in [0.15, 0.2) is 60.8 Å². The molecule has 7 heteroatoms. The lowest BCUT2D eigenvalue weighted by Gasteiger charge is -2.14. The number of fused-ring (bicyclic) bond motifs is 1. The van der Waals surface area contributed by atoms with E-state index in [1.165, 1.54) is 11.1 Å². The topological polar surface area (TPSA) is 98.0 Å². The molecule has 0 aliphatic carbocycles. The summed E-state index contributed by atoms with van der Waals surface area (Å²) >= 11 is 0. The largest absolute Gasteiger partial charge is 0.494 e. The molecule has 0 aliphatic heterocycles. The Hall–Kier alpha value is -4.52. The molecule has 0 unspecified atom stereocenters. The molecule has 0 atom stereocenters. The van der Waals surface area contributed by atoms with Gasteiger partial charge in [0, 0.05) is 30.1 Å². The lowest BCUT2D eigenvalue weighted by Crippen LogP contribution is -2.04. The second-order valence-corrected chi connectivity index (χ2v) is 10.6. The van der Waals surface area contributed by atoms with Gasteiger partial charge in [-0.1, -0.05) is 48.6 Å². The number of aromatic nitrogens is 1. The van der Waals surface area contributed by atoms with Crippen molar-refractivity contribution in [3.05, 3.63) is 94.2 Å². The fourth-order valence-corrected chi connectivity index (χ4v) is 5.07. The van der Waals surface area contributed by atoms with Crippen molar-refractivity contribution >= 4 is 35.0 Å². The summed E-state index contributed by atoms with van der Waals surface area (Å²) < 4.78 is 13.9. The molecule has 0 aliphatic rings. The molecule has 0 spiro atoms. The van der Waals surface area contributed by atoms with Crippen LogP contribution in [-0.2, 0) is 22.6 Å². The number of carbonyl (C=O) groups is 2. The van der Waals surface area contributed by atoms with Gasteiger partial charge in [-0.2, -0.15) is 0 Å². The van der Waals surface area contributed by atoms with Crippen LogP contribution in [0.4, 0.5) is 0 Å². The molecule has 4 aromatic rings. The predicted molar refractivity (Wildman–Crippen MR) is 166 cm³/mol. The van der Waals surface area contributed by atoms with E-state index in [1.54, 1.807) is 0 Å². The minimum Gasteiger partial charge on any atom is -0.494 e. The first-order valence-electron chi connectivity index (χ1n) is 14.4. The van der Waals surface area contributed by atoms with Crippen LogP contribution < -0.4 is 9.47 Å². The first-order chi connectivity index (χ1) is 20.2. The van der Waals surface area contributed by atoms with E-state index in [0.717, 1.165) is 51.9 Å². The van der Waals surface area contributed by atoms with E-state index >= 15 is 0 Å². The highest BCUT2D eigenvalue weighted by molar-refractivity contribution is 5.96. The number of rotatable bonds is 15. The number of nitrogens with zero attached hydrogens (tertiary/aromatic N) is 1. The molecule has 2 N–H and O–H groups in total. The van der Waals surface area contributed by atoms with Crippen LogP contribution >= 0.6 is 0 Å². The van der Waals surface area contributed by atoms with Crippen molar-refractivity contribution in [2.45, 2.75) is 59.4 Å². The number of aryl methyl sites for hydroxylation is 3. The molecule has 0 saturated heterocycles. The third-order valence-electron chi connectivity index (χ3n) is 7.41. The van der Waals surface area contributed by atoms with Gasteiger partial charge in [0.25, 0.3) is 0 Å². The molecule has 0 radical (unpaired) electrons. The normalized spacial score (nSPS) is 11.3. The van der Waals surface area contributed by atoms with Crippen LogP contribution in [0, 0.1) is 20.8 Å². The number of carboxylic acids is 2. The summed E-state index contributed by atoms with van der Waals surface area (Å²) in [5, 5.41) is 19.3. The van der Waals surface area contributed by atoms with Crippen LogP contribution in [-0.4, -0.2) is 39.9 Å². The highest BCUT2D eigenvalue weighted by Gasteiger charge is 2.14. The number of aliphatic carboxylic acids is 2. The van der Waals surface area contributed by atoms with Gasteiger partial charge in [-0.05, 0) is 91.6 Å². The van der Waals surface area contributed by atoms with Crippen molar-refractivity contribution in [1.82, 2.24) is 4.57 Å². The van der Waals surface area contributed by atoms with E-state index in [2.05, 4.69) is 32.9 Å². The van der Waals surface area contributed by atoms with E-state index in [1.807, 2.05) is 65.4 Å². The van der Waals surface area contributed by atoms with Gasteiger partial charge in [0.05, 0.1) is 19.6 Å². The molecule has 0 saturated carbocycles. The molecule has 42 heavy (non-hydrogen) atoms. The van der Waals surface area contributed by atoms with E-state index < -0.39 is 11.9 Å². The van der Waals surface area contributed by atoms with Crippen molar-refractivity contribution in [3.63, 3.8) is 0 Å². The Balaban J connectivity index is 1.34. The Labute approximate surface area is 247 Å². The standard InChI is InChI=1S/C35H39NO6/c1-24-11-12-25(2)35(26(24)3)42-21-5-4-20-41-30-17-14-27(15-18-30)13-16-28-8-6-9-31-34(28)29(22-33(39)40)23-36(31)19-7-10-32(37)38/h6,8-9,11-18,23H,4-5,7,10,19-22H2,1-3H3,(H,37,38)(H,39,40)/b16-13+. The van der Waals surface area contributed by atoms with Gasteiger partial charge >= 0.3 is 11.9 Å². The van der Waals surface area contributed by atoms with E-state index in [9.17, 15) is 14.7 Å². The van der Waals surface area contributed by atoms with Gasteiger partial charge < -0.3 is 24.3 Å². The quantitative estimate of drug-likeness (QED) is 0.114. The summed E-state index contributed by atoms with van der Waals surface area (Å²) in [7, 11) is 0. The summed E-state index contributed by atoms with van der Waals surface area (Å²) in [4.78, 5) is 22.5. The molecule has 7 nitrogen and oxygen atoms in total. The van der Waals surface area contributed by atoms with Crippen LogP contribution in [0.3, 0.4) is 0 Å². The first-order valence-corrected chi connectivity index (χ1v) is 14.4. The third-order valence-corrected chi connectivity index (χ3v) is 7.41. The fourth-order valence-electron chi connectivity index (χ4n) is 5.07. The van der Waals surface area contributed by atoms with Crippen molar-refractivity contribution < 1.29 is 29.3 Å². The molecule has 3 aromatic carbocycles. The zero-order valence-electron chi connectivity index (χ0n) is 24.6. The molecule has 0 fully saturated rings. The SMILES string of the molecule is Cc1ccc(C)c(OCCCCOc2ccc(/C=C/c3cccc4c3c(CC(=O)O)cn4CCCC(=O)O)cc2)c1C. The van der Waals surface area contributed by atoms with E-state index in [4.69, 9.17) is 14.6 Å². The summed E-state index contributed by atoms with van der Waals surface area (Å²) in [6.45, 7) is 8.05. The van der Waals surface area contributed by atoms with Gasteiger partial charge in [0.2, 0.25) is 0 Å². The number of unbranched alkanes of at least 4 members (excludes halogenated alkanes) is 1. The minimum absolute atomic E-state index is 0.0646. The monoisotopic (exact) mass is 569 g/mol. The smallest absolute Gasteiger partial charge is 0.307 e. The third kappa shape index (κ3) is 8.03. The Kier molecular flexibility index (Phi) is 10.4. The molecule has 1 aromatic heterocycles. The average Bonchev–Trinajstić information content (AvgIpc) is 3.30. The summed E-state index contributed by atoms with van der Waals surface area (Å²) in [5.41, 5.74) is 7.12. The minimum atomic E-state index is -0.905. The highest BCUT2D eigenvalue weighted by atomic mass is 16.5. The second kappa shape index (κ2) is 14.4. The average molecular weight is 570 g/mol. The summed E-state index contributed by atoms with van der Waals surface area (Å²) in [6, 6.07) is 18.0. The summed E-state index contributed by atoms with van der Waals surface area (Å²) in [6.07, 6.45) is 8.06. The molecule has 4 rings (SSSR count). The van der Waals surface area contributed by atoms with Gasteiger partial charge in [-0.25, -0.2) is 0 Å². The number of ether oxygens (including phenoxy) is 2. The maximum Gasteiger partial charge on any atom is 0.307 e. The zero-order valence-corrected chi connectivity index (χ0v) is 24.6. The number of benzene rings is 3. The Morgan fingerprint density at radius 2 is 1.52 bits per heavy atom. The first kappa shape index (κ1) is 30.4. The van der Waals surface area contributed by atoms with Gasteiger partial charge in [-0.15, -0.1) is 0 Å². The summed E-state index contributed by atoms with van der Waals surface area (Å²) in [5.74, 6) is 0.0498. The van der Waals surface area contributed by atoms with Crippen LogP contribution in [0.2, 0.25) is 0 Å². The van der Waals surface area contributed by atoms with Crippen molar-refractivity contribution in [1.29, 1.82) is 0 Å². The lowest BCUT2D eigenvalue weighted by molar-refractivity contribution is -0.137. The predicted octanol–water partition coefficient (Wildman–Crippen LogP) is 7.47. The molecular formula is C35H39NO6. The molecule has 220 valence electrons. The van der Waals surface area contributed by atoms with Gasteiger partial charge in [0.15, 0.2) is 0 Å². The van der Waals surface area contributed by atoms with Crippen molar-refractivity contribution in [3.8, 4) is 11.5 Å². The Morgan fingerprint density at radius 1 is 0.810 bits per heavy atom. The maximum absolute atomic E-state index is 11.5. The fraction of sp³-hybridized carbons (Fsp3) is 0.314. The Bertz CT molecular complexity index is 1560. The Morgan fingerprint density at radius 3 is 2.24 bits per heavy atom.